The standard InChI is InChI=1S/C23H21N3O5/c1-28-18-10-8-14(22-25-16-6-4-5-7-19(16)31-22)12-17(18)26-23(27)24-15-9-11-20(29-2)21(13-15)30-3/h4-13H,1-3H3,(H2,24,26,27). The van der Waals surface area contributed by atoms with Crippen molar-refractivity contribution >= 4 is 28.5 Å². The molecule has 0 spiro atoms. The fourth-order valence-electron chi connectivity index (χ4n) is 3.13. The molecule has 8 nitrogen and oxygen atoms in total. The largest absolute Gasteiger partial charge is 0.495 e. The molecule has 0 unspecified atom stereocenters. The van der Waals surface area contributed by atoms with Gasteiger partial charge in [-0.3, -0.25) is 0 Å². The van der Waals surface area contributed by atoms with Crippen molar-refractivity contribution in [2.45, 2.75) is 0 Å². The average Bonchev–Trinajstić information content (AvgIpc) is 3.23. The maximum Gasteiger partial charge on any atom is 0.323 e. The minimum atomic E-state index is -0.444. The normalized spacial score (nSPS) is 10.5. The van der Waals surface area contributed by atoms with Gasteiger partial charge in [-0.25, -0.2) is 9.78 Å². The number of hydrogen-bond acceptors (Lipinski definition) is 6. The van der Waals surface area contributed by atoms with Crippen molar-refractivity contribution in [3.63, 3.8) is 0 Å². The van der Waals surface area contributed by atoms with Gasteiger partial charge in [-0.05, 0) is 42.5 Å². The zero-order valence-corrected chi connectivity index (χ0v) is 17.3. The van der Waals surface area contributed by atoms with E-state index in [-0.39, 0.29) is 0 Å². The van der Waals surface area contributed by atoms with Crippen LogP contribution in [0.5, 0.6) is 17.2 Å². The lowest BCUT2D eigenvalue weighted by molar-refractivity contribution is 0.262. The van der Waals surface area contributed by atoms with Gasteiger partial charge >= 0.3 is 6.03 Å². The number of carbonyl (C=O) groups is 1. The van der Waals surface area contributed by atoms with Gasteiger partial charge in [0, 0.05) is 17.3 Å². The number of oxazole rings is 1. The number of ether oxygens (including phenoxy) is 3. The number of hydrogen-bond donors (Lipinski definition) is 2. The summed E-state index contributed by atoms with van der Waals surface area (Å²) in [6, 6.07) is 17.5. The maximum absolute atomic E-state index is 12.6. The van der Waals surface area contributed by atoms with Crippen LogP contribution in [0.2, 0.25) is 0 Å². The molecule has 1 heterocycles. The van der Waals surface area contributed by atoms with Crippen molar-refractivity contribution < 1.29 is 23.4 Å². The zero-order chi connectivity index (χ0) is 21.8. The third-order valence-electron chi connectivity index (χ3n) is 4.63. The third kappa shape index (κ3) is 4.23. The molecule has 0 radical (unpaired) electrons. The highest BCUT2D eigenvalue weighted by Crippen LogP contribution is 2.33. The summed E-state index contributed by atoms with van der Waals surface area (Å²) in [6.45, 7) is 0. The predicted octanol–water partition coefficient (Wildman–Crippen LogP) is 5.16. The molecule has 4 rings (SSSR count). The molecule has 0 fully saturated rings. The number of para-hydroxylation sites is 2. The van der Waals surface area contributed by atoms with Gasteiger partial charge in [-0.1, -0.05) is 12.1 Å². The summed E-state index contributed by atoms with van der Waals surface area (Å²) >= 11 is 0. The van der Waals surface area contributed by atoms with Gasteiger partial charge in [0.2, 0.25) is 5.89 Å². The molecule has 0 aliphatic rings. The molecule has 3 aromatic carbocycles. The summed E-state index contributed by atoms with van der Waals surface area (Å²) in [5.74, 6) is 2.03. The monoisotopic (exact) mass is 419 g/mol. The number of anilines is 2. The molecule has 31 heavy (non-hydrogen) atoms. The Kier molecular flexibility index (Phi) is 5.61. The molecule has 8 heteroatoms. The number of nitrogens with one attached hydrogen (secondary N) is 2. The van der Waals surface area contributed by atoms with E-state index in [1.807, 2.05) is 30.3 Å². The van der Waals surface area contributed by atoms with E-state index in [9.17, 15) is 4.79 Å². The summed E-state index contributed by atoms with van der Waals surface area (Å²) in [5.41, 5.74) is 3.17. The van der Waals surface area contributed by atoms with E-state index in [2.05, 4.69) is 15.6 Å². The Hall–Kier alpha value is -4.20. The van der Waals surface area contributed by atoms with Crippen LogP contribution in [0.3, 0.4) is 0 Å². The van der Waals surface area contributed by atoms with Crippen molar-refractivity contribution in [2.75, 3.05) is 32.0 Å². The first-order valence-corrected chi connectivity index (χ1v) is 9.45. The Morgan fingerprint density at radius 2 is 1.58 bits per heavy atom. The summed E-state index contributed by atoms with van der Waals surface area (Å²) < 4.78 is 21.7. The maximum atomic E-state index is 12.6. The lowest BCUT2D eigenvalue weighted by Gasteiger charge is -2.13. The first-order valence-electron chi connectivity index (χ1n) is 9.45. The fraction of sp³-hybridized carbons (Fsp3) is 0.130. The smallest absolute Gasteiger partial charge is 0.323 e. The first kappa shape index (κ1) is 20.1. The number of nitrogens with zero attached hydrogens (tertiary/aromatic N) is 1. The number of rotatable bonds is 6. The van der Waals surface area contributed by atoms with Crippen molar-refractivity contribution in [2.24, 2.45) is 0 Å². The second-order valence-corrected chi connectivity index (χ2v) is 6.55. The number of benzene rings is 3. The molecule has 0 atom stereocenters. The van der Waals surface area contributed by atoms with Crippen LogP contribution in [-0.2, 0) is 0 Å². The minimum absolute atomic E-state index is 0.444. The summed E-state index contributed by atoms with van der Waals surface area (Å²) in [6.07, 6.45) is 0. The molecule has 0 saturated heterocycles. The highest BCUT2D eigenvalue weighted by atomic mass is 16.5. The third-order valence-corrected chi connectivity index (χ3v) is 4.63. The predicted molar refractivity (Wildman–Crippen MR) is 118 cm³/mol. The average molecular weight is 419 g/mol. The topological polar surface area (TPSA) is 94.9 Å². The van der Waals surface area contributed by atoms with Crippen LogP contribution in [-0.4, -0.2) is 32.3 Å². The highest BCUT2D eigenvalue weighted by Gasteiger charge is 2.14. The van der Waals surface area contributed by atoms with Crippen LogP contribution in [0.4, 0.5) is 16.2 Å². The van der Waals surface area contributed by atoms with Gasteiger partial charge in [0.05, 0.1) is 27.0 Å². The molecule has 0 saturated carbocycles. The van der Waals surface area contributed by atoms with Crippen LogP contribution in [0, 0.1) is 0 Å². The van der Waals surface area contributed by atoms with Gasteiger partial charge in [0.25, 0.3) is 0 Å². The lowest BCUT2D eigenvalue weighted by Crippen LogP contribution is -2.20. The van der Waals surface area contributed by atoms with Gasteiger partial charge in [-0.15, -0.1) is 0 Å². The second kappa shape index (κ2) is 8.66. The van der Waals surface area contributed by atoms with Crippen molar-refractivity contribution in [3.8, 4) is 28.7 Å². The molecule has 1 aromatic heterocycles. The van der Waals surface area contributed by atoms with Crippen molar-refractivity contribution in [3.05, 3.63) is 60.7 Å². The quantitative estimate of drug-likeness (QED) is 0.448. The van der Waals surface area contributed by atoms with E-state index in [0.717, 1.165) is 5.52 Å². The summed E-state index contributed by atoms with van der Waals surface area (Å²) in [5, 5.41) is 5.57. The van der Waals surface area contributed by atoms with Crippen molar-refractivity contribution in [1.82, 2.24) is 4.98 Å². The molecule has 0 bridgehead atoms. The van der Waals surface area contributed by atoms with E-state index < -0.39 is 6.03 Å². The Balaban J connectivity index is 1.57. The van der Waals surface area contributed by atoms with Gasteiger partial charge in [-0.2, -0.15) is 0 Å². The number of amides is 2. The molecule has 2 N–H and O–H groups in total. The number of aromatic nitrogens is 1. The van der Waals surface area contributed by atoms with E-state index in [1.54, 1.807) is 37.4 Å². The molecular formula is C23H21N3O5. The van der Waals surface area contributed by atoms with E-state index >= 15 is 0 Å². The molecule has 0 aliphatic heterocycles. The number of urea groups is 1. The molecule has 0 aliphatic carbocycles. The van der Waals surface area contributed by atoms with E-state index in [4.69, 9.17) is 18.6 Å². The Labute approximate surface area is 178 Å². The number of methoxy groups -OCH3 is 3. The SMILES string of the molecule is COc1ccc(-c2nc3ccccc3o2)cc1NC(=O)Nc1ccc(OC)c(OC)c1. The van der Waals surface area contributed by atoms with Gasteiger partial charge in [0.1, 0.15) is 11.3 Å². The summed E-state index contributed by atoms with van der Waals surface area (Å²) in [7, 11) is 4.61. The molecule has 4 aromatic rings. The van der Waals surface area contributed by atoms with Crippen LogP contribution >= 0.6 is 0 Å². The van der Waals surface area contributed by atoms with E-state index in [0.29, 0.717) is 45.7 Å². The van der Waals surface area contributed by atoms with Crippen LogP contribution in [0.1, 0.15) is 0 Å². The van der Waals surface area contributed by atoms with E-state index in [1.165, 1.54) is 14.2 Å². The number of carbonyl (C=O) groups excluding carboxylic acids is 1. The molecule has 2 amide bonds. The minimum Gasteiger partial charge on any atom is -0.495 e. The Bertz CT molecular complexity index is 1200. The van der Waals surface area contributed by atoms with Crippen LogP contribution in [0.15, 0.2) is 65.1 Å². The Morgan fingerprint density at radius 1 is 0.839 bits per heavy atom. The highest BCUT2D eigenvalue weighted by molar-refractivity contribution is 6.01. The molecule has 158 valence electrons. The fourth-order valence-corrected chi connectivity index (χ4v) is 3.13. The summed E-state index contributed by atoms with van der Waals surface area (Å²) in [4.78, 5) is 17.1. The second-order valence-electron chi connectivity index (χ2n) is 6.55. The number of fused-ring (bicyclic) bond motifs is 1. The lowest BCUT2D eigenvalue weighted by atomic mass is 10.2. The van der Waals surface area contributed by atoms with Gasteiger partial charge in [0.15, 0.2) is 17.1 Å². The van der Waals surface area contributed by atoms with Crippen LogP contribution in [0.25, 0.3) is 22.6 Å². The first-order chi connectivity index (χ1) is 15.1. The molecular weight excluding hydrogens is 398 g/mol. The zero-order valence-electron chi connectivity index (χ0n) is 17.3. The van der Waals surface area contributed by atoms with Gasteiger partial charge < -0.3 is 29.3 Å². The Morgan fingerprint density at radius 3 is 2.32 bits per heavy atom. The van der Waals surface area contributed by atoms with Crippen LogP contribution < -0.4 is 24.8 Å². The van der Waals surface area contributed by atoms with Crippen molar-refractivity contribution in [1.29, 1.82) is 0 Å².